The van der Waals surface area contributed by atoms with E-state index in [0.29, 0.717) is 16.4 Å². The lowest BCUT2D eigenvalue weighted by Crippen LogP contribution is -2.50. The van der Waals surface area contributed by atoms with Crippen LogP contribution in [0.15, 0.2) is 30.3 Å². The molecule has 2 saturated carbocycles. The first kappa shape index (κ1) is 15.2. The smallest absolute Gasteiger partial charge is 0.338 e. The van der Waals surface area contributed by atoms with Gasteiger partial charge in [-0.3, -0.25) is 0 Å². The summed E-state index contributed by atoms with van der Waals surface area (Å²) in [5.74, 6) is -0.151. The van der Waals surface area contributed by atoms with Crippen molar-refractivity contribution >= 4 is 5.97 Å². The first-order valence-corrected chi connectivity index (χ1v) is 9.07. The predicted octanol–water partition coefficient (Wildman–Crippen LogP) is 3.89. The van der Waals surface area contributed by atoms with E-state index in [9.17, 15) is 4.79 Å². The molecule has 124 valence electrons. The number of hydrogen-bond acceptors (Lipinski definition) is 3. The van der Waals surface area contributed by atoms with Gasteiger partial charge in [0, 0.05) is 13.1 Å². The summed E-state index contributed by atoms with van der Waals surface area (Å²) in [6.45, 7) is 2.43. The highest BCUT2D eigenvalue weighted by Crippen LogP contribution is 2.62. The predicted molar refractivity (Wildman–Crippen MR) is 90.3 cm³/mol. The van der Waals surface area contributed by atoms with Crippen LogP contribution in [-0.2, 0) is 4.74 Å². The number of ether oxygens (including phenoxy) is 1. The fourth-order valence-electron chi connectivity index (χ4n) is 5.76. The molecule has 1 aromatic rings. The van der Waals surface area contributed by atoms with Crippen molar-refractivity contribution in [2.75, 3.05) is 20.1 Å². The van der Waals surface area contributed by atoms with Crippen molar-refractivity contribution in [1.29, 1.82) is 0 Å². The van der Waals surface area contributed by atoms with Crippen LogP contribution in [0.4, 0.5) is 0 Å². The van der Waals surface area contributed by atoms with E-state index in [1.807, 2.05) is 30.3 Å². The number of benzene rings is 1. The molecule has 1 heterocycles. The first-order valence-electron chi connectivity index (χ1n) is 9.07. The summed E-state index contributed by atoms with van der Waals surface area (Å²) >= 11 is 0. The molecule has 1 saturated heterocycles. The summed E-state index contributed by atoms with van der Waals surface area (Å²) in [5.41, 5.74) is 1.56. The number of esters is 1. The van der Waals surface area contributed by atoms with Gasteiger partial charge in [0.2, 0.25) is 0 Å². The minimum absolute atomic E-state index is 0.0976. The quantitative estimate of drug-likeness (QED) is 0.776. The first-order chi connectivity index (χ1) is 11.1. The molecule has 0 amide bonds. The van der Waals surface area contributed by atoms with Crippen molar-refractivity contribution in [2.45, 2.75) is 51.0 Å². The minimum Gasteiger partial charge on any atom is -0.459 e. The molecular weight excluding hydrogens is 286 g/mol. The molecule has 0 spiro atoms. The van der Waals surface area contributed by atoms with E-state index in [1.54, 1.807) is 0 Å². The normalized spacial score (nSPS) is 37.0. The van der Waals surface area contributed by atoms with Gasteiger partial charge < -0.3 is 9.64 Å². The van der Waals surface area contributed by atoms with E-state index in [2.05, 4.69) is 11.9 Å². The van der Waals surface area contributed by atoms with E-state index in [4.69, 9.17) is 4.74 Å². The van der Waals surface area contributed by atoms with Crippen molar-refractivity contribution in [2.24, 2.45) is 10.8 Å². The van der Waals surface area contributed by atoms with Gasteiger partial charge in [-0.25, -0.2) is 4.79 Å². The summed E-state index contributed by atoms with van der Waals surface area (Å²) in [6.07, 6.45) is 8.83. The molecule has 23 heavy (non-hydrogen) atoms. The van der Waals surface area contributed by atoms with Crippen LogP contribution in [0.5, 0.6) is 0 Å². The van der Waals surface area contributed by atoms with Crippen molar-refractivity contribution in [3.05, 3.63) is 35.9 Å². The topological polar surface area (TPSA) is 29.5 Å². The molecule has 1 aliphatic heterocycles. The Hall–Kier alpha value is -1.35. The maximum atomic E-state index is 12.4. The SMILES string of the molecule is CN1CC23CCCCC2(CC(OC(=O)c2ccccc2)CC3)C1. The third-order valence-corrected chi connectivity index (χ3v) is 6.68. The van der Waals surface area contributed by atoms with Crippen LogP contribution >= 0.6 is 0 Å². The van der Waals surface area contributed by atoms with Crippen LogP contribution < -0.4 is 0 Å². The van der Waals surface area contributed by atoms with Gasteiger partial charge >= 0.3 is 5.97 Å². The highest BCUT2D eigenvalue weighted by molar-refractivity contribution is 5.89. The van der Waals surface area contributed by atoms with Crippen LogP contribution in [-0.4, -0.2) is 37.1 Å². The molecular formula is C20H27NO2. The molecule has 1 aromatic carbocycles. The Bertz CT molecular complexity index is 587. The second-order valence-corrected chi connectivity index (χ2v) is 8.08. The molecule has 3 atom stereocenters. The van der Waals surface area contributed by atoms with Crippen LogP contribution in [0.2, 0.25) is 0 Å². The molecule has 4 rings (SSSR count). The van der Waals surface area contributed by atoms with Gasteiger partial charge in [-0.15, -0.1) is 0 Å². The molecule has 0 aromatic heterocycles. The van der Waals surface area contributed by atoms with Gasteiger partial charge in [0.05, 0.1) is 5.56 Å². The molecule has 0 radical (unpaired) electrons. The van der Waals surface area contributed by atoms with E-state index in [-0.39, 0.29) is 12.1 Å². The number of rotatable bonds is 2. The lowest BCUT2D eigenvalue weighted by atomic mass is 9.51. The molecule has 0 N–H and O–H groups in total. The standard InChI is InChI=1S/C20H27NO2/c1-21-14-19-10-5-6-11-20(19,15-21)13-17(9-12-19)23-18(22)16-7-3-2-4-8-16/h2-4,7-8,17H,5-6,9-15H2,1H3. The van der Waals surface area contributed by atoms with Crippen LogP contribution in [0, 0.1) is 10.8 Å². The largest absolute Gasteiger partial charge is 0.459 e. The van der Waals surface area contributed by atoms with Crippen LogP contribution in [0.3, 0.4) is 0 Å². The summed E-state index contributed by atoms with van der Waals surface area (Å²) in [6, 6.07) is 9.42. The molecule has 3 fully saturated rings. The lowest BCUT2D eigenvalue weighted by Gasteiger charge is -2.54. The third kappa shape index (κ3) is 2.50. The second-order valence-electron chi connectivity index (χ2n) is 8.08. The Morgan fingerprint density at radius 3 is 2.57 bits per heavy atom. The van der Waals surface area contributed by atoms with Gasteiger partial charge in [0.25, 0.3) is 0 Å². The fourth-order valence-corrected chi connectivity index (χ4v) is 5.76. The monoisotopic (exact) mass is 313 g/mol. The van der Waals surface area contributed by atoms with Crippen molar-refractivity contribution in [1.82, 2.24) is 4.90 Å². The van der Waals surface area contributed by atoms with Gasteiger partial charge in [-0.2, -0.15) is 0 Å². The van der Waals surface area contributed by atoms with Crippen molar-refractivity contribution in [3.8, 4) is 0 Å². The molecule has 3 unspecified atom stereocenters. The van der Waals surface area contributed by atoms with E-state index >= 15 is 0 Å². The highest BCUT2D eigenvalue weighted by atomic mass is 16.5. The molecule has 3 aliphatic rings. The number of nitrogens with zero attached hydrogens (tertiary/aromatic N) is 1. The summed E-state index contributed by atoms with van der Waals surface area (Å²) in [7, 11) is 2.26. The lowest BCUT2D eigenvalue weighted by molar-refractivity contribution is -0.0708. The Labute approximate surface area is 139 Å². The Morgan fingerprint density at radius 2 is 1.78 bits per heavy atom. The van der Waals surface area contributed by atoms with Gasteiger partial charge in [-0.1, -0.05) is 31.0 Å². The van der Waals surface area contributed by atoms with Gasteiger partial charge in [0.15, 0.2) is 0 Å². The summed E-state index contributed by atoms with van der Waals surface area (Å²) in [5, 5.41) is 0. The van der Waals surface area contributed by atoms with Gasteiger partial charge in [0.1, 0.15) is 6.10 Å². The molecule has 3 nitrogen and oxygen atoms in total. The number of hydrogen-bond donors (Lipinski definition) is 0. The Kier molecular flexibility index (Phi) is 3.72. The summed E-state index contributed by atoms with van der Waals surface area (Å²) in [4.78, 5) is 14.9. The number of carbonyl (C=O) groups is 1. The summed E-state index contributed by atoms with van der Waals surface area (Å²) < 4.78 is 5.90. The Balaban J connectivity index is 1.50. The average molecular weight is 313 g/mol. The minimum atomic E-state index is -0.151. The number of likely N-dealkylation sites (tertiary alicyclic amines) is 1. The van der Waals surface area contributed by atoms with Crippen LogP contribution in [0.1, 0.15) is 55.3 Å². The zero-order chi connectivity index (χ0) is 15.9. The zero-order valence-electron chi connectivity index (χ0n) is 14.1. The zero-order valence-corrected chi connectivity index (χ0v) is 14.1. The van der Waals surface area contributed by atoms with Gasteiger partial charge in [-0.05, 0) is 62.1 Å². The number of carbonyl (C=O) groups excluding carboxylic acids is 1. The second kappa shape index (κ2) is 5.62. The van der Waals surface area contributed by atoms with Crippen molar-refractivity contribution < 1.29 is 9.53 Å². The van der Waals surface area contributed by atoms with Crippen molar-refractivity contribution in [3.63, 3.8) is 0 Å². The molecule has 0 bridgehead atoms. The maximum absolute atomic E-state index is 12.4. The van der Waals surface area contributed by atoms with Crippen LogP contribution in [0.25, 0.3) is 0 Å². The highest BCUT2D eigenvalue weighted by Gasteiger charge is 2.60. The molecule has 3 heteroatoms. The van der Waals surface area contributed by atoms with E-state index < -0.39 is 0 Å². The van der Waals surface area contributed by atoms with E-state index in [1.165, 1.54) is 45.2 Å². The third-order valence-electron chi connectivity index (χ3n) is 6.68. The maximum Gasteiger partial charge on any atom is 0.338 e. The Morgan fingerprint density at radius 1 is 1.09 bits per heavy atom. The molecule has 2 aliphatic carbocycles. The van der Waals surface area contributed by atoms with E-state index in [0.717, 1.165) is 12.8 Å². The average Bonchev–Trinajstić information content (AvgIpc) is 2.87. The fraction of sp³-hybridized carbons (Fsp3) is 0.650.